The predicted octanol–water partition coefficient (Wildman–Crippen LogP) is 13.5. The number of thiophene rings is 2. The molecule has 0 saturated carbocycles. The van der Waals surface area contributed by atoms with Crippen molar-refractivity contribution >= 4 is 53.6 Å². The first-order chi connectivity index (χ1) is 24.5. The number of hydrogen-bond acceptors (Lipinski definition) is 6. The van der Waals surface area contributed by atoms with Crippen molar-refractivity contribution in [2.24, 2.45) is 11.8 Å². The second kappa shape index (κ2) is 16.6. The second-order valence-electron chi connectivity index (χ2n) is 13.4. The lowest BCUT2D eigenvalue weighted by atomic mass is 9.99. The van der Waals surface area contributed by atoms with Crippen LogP contribution >= 0.6 is 22.7 Å². The van der Waals surface area contributed by atoms with Crippen molar-refractivity contribution in [3.63, 3.8) is 0 Å². The molecule has 0 fully saturated rings. The lowest BCUT2D eigenvalue weighted by Gasteiger charge is -2.21. The summed E-state index contributed by atoms with van der Waals surface area (Å²) in [6.45, 7) is 10.4. The molecule has 0 aliphatic carbocycles. The van der Waals surface area contributed by atoms with Crippen LogP contribution in [-0.4, -0.2) is 13.2 Å². The summed E-state index contributed by atoms with van der Waals surface area (Å²) in [5.74, 6) is 2.66. The maximum Gasteiger partial charge on any atom is 0.161 e. The molecule has 6 heteroatoms. The van der Waals surface area contributed by atoms with Crippen LogP contribution in [0.2, 0.25) is 0 Å². The van der Waals surface area contributed by atoms with Crippen molar-refractivity contribution in [1.29, 1.82) is 10.5 Å². The minimum atomic E-state index is 0.505. The quantitative estimate of drug-likeness (QED) is 0.101. The first kappa shape index (κ1) is 35.5. The number of nitrogens with zero attached hydrogens (tertiary/aromatic N) is 2. The van der Waals surface area contributed by atoms with E-state index in [9.17, 15) is 10.5 Å². The molecule has 0 amide bonds. The second-order valence-corrected chi connectivity index (χ2v) is 15.5. The molecule has 6 aromatic rings. The van der Waals surface area contributed by atoms with Crippen molar-refractivity contribution in [1.82, 2.24) is 0 Å². The van der Waals surface area contributed by atoms with Gasteiger partial charge < -0.3 is 9.47 Å². The zero-order valence-electron chi connectivity index (χ0n) is 29.7. The fraction of sp³-hybridized carbons (Fsp3) is 0.364. The molecule has 6 rings (SSSR count). The SMILES string of the molecule is CCCCC(CC)COc1cc2c(cc1OCC(CC)CCCC)c1cc(-c3ccc(C#N)cc3)sc1c1sc(-c3ccc(C#N)cc3)cc21. The van der Waals surface area contributed by atoms with Crippen LogP contribution in [0, 0.1) is 34.5 Å². The van der Waals surface area contributed by atoms with Crippen molar-refractivity contribution in [2.45, 2.75) is 79.1 Å². The van der Waals surface area contributed by atoms with Gasteiger partial charge in [0.05, 0.1) is 45.9 Å². The summed E-state index contributed by atoms with van der Waals surface area (Å²) < 4.78 is 16.0. The Balaban J connectivity index is 1.54. The number of ether oxygens (including phenoxy) is 2. The van der Waals surface area contributed by atoms with Crippen LogP contribution in [0.25, 0.3) is 51.8 Å². The minimum absolute atomic E-state index is 0.505. The molecule has 4 aromatic carbocycles. The molecule has 0 saturated heterocycles. The Morgan fingerprint density at radius 1 is 0.560 bits per heavy atom. The molecule has 0 N–H and O–H groups in total. The van der Waals surface area contributed by atoms with Gasteiger partial charge >= 0.3 is 0 Å². The summed E-state index contributed by atoms with van der Waals surface area (Å²) in [6, 6.07) is 29.3. The molecule has 4 nitrogen and oxygen atoms in total. The van der Waals surface area contributed by atoms with E-state index < -0.39 is 0 Å². The fourth-order valence-corrected chi connectivity index (χ4v) is 9.18. The monoisotopic (exact) mass is 698 g/mol. The average Bonchev–Trinajstić information content (AvgIpc) is 3.81. The van der Waals surface area contributed by atoms with E-state index in [1.807, 2.05) is 48.5 Å². The van der Waals surface area contributed by atoms with E-state index in [1.165, 1.54) is 68.5 Å². The molecule has 0 radical (unpaired) electrons. The number of benzene rings is 4. The molecule has 256 valence electrons. The highest BCUT2D eigenvalue weighted by molar-refractivity contribution is 7.30. The van der Waals surface area contributed by atoms with Crippen molar-refractivity contribution in [3.05, 3.63) is 83.9 Å². The molecule has 2 unspecified atom stereocenters. The van der Waals surface area contributed by atoms with Gasteiger partial charge in [-0.15, -0.1) is 22.7 Å². The lowest BCUT2D eigenvalue weighted by molar-refractivity contribution is 0.199. The third kappa shape index (κ3) is 7.68. The van der Waals surface area contributed by atoms with Crippen LogP contribution in [0.3, 0.4) is 0 Å². The highest BCUT2D eigenvalue weighted by Crippen LogP contribution is 2.49. The number of unbranched alkanes of at least 4 members (excludes halogenated alkanes) is 2. The highest BCUT2D eigenvalue weighted by atomic mass is 32.1. The Morgan fingerprint density at radius 2 is 0.960 bits per heavy atom. The molecule has 2 aromatic heterocycles. The van der Waals surface area contributed by atoms with Gasteiger partial charge in [0.15, 0.2) is 11.5 Å². The zero-order chi connectivity index (χ0) is 35.0. The third-order valence-electron chi connectivity index (χ3n) is 9.97. The number of nitriles is 2. The fourth-order valence-electron chi connectivity index (χ4n) is 6.66. The van der Waals surface area contributed by atoms with E-state index in [2.05, 4.69) is 64.1 Å². The van der Waals surface area contributed by atoms with Gasteiger partial charge in [-0.2, -0.15) is 10.5 Å². The largest absolute Gasteiger partial charge is 0.489 e. The molecule has 2 heterocycles. The topological polar surface area (TPSA) is 66.0 Å². The standard InChI is InChI=1S/C44H46N2O2S2/c1-5-9-11-29(7-3)27-47-39-21-35-36(22-40(39)48-28-30(8-4)12-10-6-2)38-24-42(34-19-15-32(26-46)16-20-34)50-44(38)43-37(35)23-41(49-43)33-17-13-31(25-45)14-18-33/h13-24,29-30H,5-12,27-28H2,1-4H3. The maximum absolute atomic E-state index is 9.40. The van der Waals surface area contributed by atoms with Crippen LogP contribution in [0.1, 0.15) is 90.2 Å². The van der Waals surface area contributed by atoms with Gasteiger partial charge in [0, 0.05) is 20.5 Å². The Bertz CT molecular complexity index is 1990. The van der Waals surface area contributed by atoms with E-state index >= 15 is 0 Å². The number of fused-ring (bicyclic) bond motifs is 6. The van der Waals surface area contributed by atoms with Crippen LogP contribution in [0.4, 0.5) is 0 Å². The molecular formula is C44H46N2O2S2. The van der Waals surface area contributed by atoms with Crippen molar-refractivity contribution in [2.75, 3.05) is 13.2 Å². The summed E-state index contributed by atoms with van der Waals surface area (Å²) in [7, 11) is 0. The predicted molar refractivity (Wildman–Crippen MR) is 213 cm³/mol. The van der Waals surface area contributed by atoms with Crippen LogP contribution < -0.4 is 9.47 Å². The number of hydrogen-bond donors (Lipinski definition) is 0. The summed E-state index contributed by atoms with van der Waals surface area (Å²) >= 11 is 3.60. The van der Waals surface area contributed by atoms with Gasteiger partial charge in [0.1, 0.15) is 0 Å². The van der Waals surface area contributed by atoms with Crippen molar-refractivity contribution < 1.29 is 9.47 Å². The smallest absolute Gasteiger partial charge is 0.161 e. The Kier molecular flexibility index (Phi) is 11.7. The molecule has 0 aliphatic rings. The zero-order valence-corrected chi connectivity index (χ0v) is 31.3. The van der Waals surface area contributed by atoms with Gasteiger partial charge in [-0.3, -0.25) is 0 Å². The molecular weight excluding hydrogens is 653 g/mol. The summed E-state index contributed by atoms with van der Waals surface area (Å²) in [4.78, 5) is 2.34. The Labute approximate surface area is 304 Å². The summed E-state index contributed by atoms with van der Waals surface area (Å²) in [5.41, 5.74) is 3.52. The molecule has 0 aliphatic heterocycles. The van der Waals surface area contributed by atoms with E-state index in [0.717, 1.165) is 46.2 Å². The number of rotatable bonds is 16. The normalized spacial score (nSPS) is 12.6. The highest BCUT2D eigenvalue weighted by Gasteiger charge is 2.21. The molecule has 0 spiro atoms. The maximum atomic E-state index is 9.40. The van der Waals surface area contributed by atoms with E-state index in [4.69, 9.17) is 9.47 Å². The van der Waals surface area contributed by atoms with E-state index in [0.29, 0.717) is 36.2 Å². The van der Waals surface area contributed by atoms with Gasteiger partial charge in [0.2, 0.25) is 0 Å². The first-order valence-corrected chi connectivity index (χ1v) is 19.9. The first-order valence-electron chi connectivity index (χ1n) is 18.2. The molecule has 2 atom stereocenters. The Morgan fingerprint density at radius 3 is 1.30 bits per heavy atom. The van der Waals surface area contributed by atoms with Gasteiger partial charge in [-0.25, -0.2) is 0 Å². The van der Waals surface area contributed by atoms with E-state index in [-0.39, 0.29) is 0 Å². The van der Waals surface area contributed by atoms with E-state index in [1.54, 1.807) is 22.7 Å². The van der Waals surface area contributed by atoms with Crippen molar-refractivity contribution in [3.8, 4) is 44.5 Å². The van der Waals surface area contributed by atoms with Gasteiger partial charge in [-0.1, -0.05) is 90.5 Å². The van der Waals surface area contributed by atoms with Crippen LogP contribution in [-0.2, 0) is 0 Å². The summed E-state index contributed by atoms with van der Waals surface area (Å²) in [5, 5.41) is 23.5. The Hall–Kier alpha value is -4.36. The average molecular weight is 699 g/mol. The lowest BCUT2D eigenvalue weighted by Crippen LogP contribution is -2.14. The minimum Gasteiger partial charge on any atom is -0.489 e. The molecule has 0 bridgehead atoms. The van der Waals surface area contributed by atoms with Gasteiger partial charge in [0.25, 0.3) is 0 Å². The third-order valence-corrected chi connectivity index (χ3v) is 12.5. The van der Waals surface area contributed by atoms with Gasteiger partial charge in [-0.05, 0) is 95.1 Å². The summed E-state index contributed by atoms with van der Waals surface area (Å²) in [6.07, 6.45) is 9.33. The van der Waals surface area contributed by atoms with Crippen LogP contribution in [0.5, 0.6) is 11.5 Å². The molecule has 50 heavy (non-hydrogen) atoms. The van der Waals surface area contributed by atoms with Crippen LogP contribution in [0.15, 0.2) is 72.8 Å².